The van der Waals surface area contributed by atoms with Gasteiger partial charge in [-0.15, -0.1) is 0 Å². The molecule has 0 atom stereocenters. The van der Waals surface area contributed by atoms with E-state index in [1.165, 1.54) is 9.99 Å². The summed E-state index contributed by atoms with van der Waals surface area (Å²) in [6.45, 7) is 5.16. The number of fused-ring (bicyclic) bond motifs is 1. The van der Waals surface area contributed by atoms with Crippen molar-refractivity contribution in [2.75, 3.05) is 47.7 Å². The average Bonchev–Trinajstić information content (AvgIpc) is 2.78. The van der Waals surface area contributed by atoms with Crippen LogP contribution in [0, 0.1) is 0 Å². The molecule has 7 heteroatoms. The highest BCUT2D eigenvalue weighted by molar-refractivity contribution is 7.92. The predicted molar refractivity (Wildman–Crippen MR) is 116 cm³/mol. The van der Waals surface area contributed by atoms with E-state index in [9.17, 15) is 13.2 Å². The van der Waals surface area contributed by atoms with E-state index in [0.29, 0.717) is 25.2 Å². The number of nitrogens with zero attached hydrogens (tertiary/aromatic N) is 3. The number of benzene rings is 2. The highest BCUT2D eigenvalue weighted by Gasteiger charge is 2.28. The minimum Gasteiger partial charge on any atom is -0.368 e. The van der Waals surface area contributed by atoms with Crippen molar-refractivity contribution in [2.45, 2.75) is 19.8 Å². The molecule has 0 spiro atoms. The zero-order chi connectivity index (χ0) is 20.4. The standard InChI is InChI=1S/C22H27N3O3S/c1-2-29(27,28)25-12-6-7-18-17-19(10-11-21(18)25)22(26)24-15-13-23(14-16-24)20-8-4-3-5-9-20/h3-5,8-11,17H,2,6-7,12-16H2,1H3. The molecule has 2 aromatic rings. The Hall–Kier alpha value is -2.54. The lowest BCUT2D eigenvalue weighted by Gasteiger charge is -2.36. The minimum absolute atomic E-state index is 0.0241. The lowest BCUT2D eigenvalue weighted by molar-refractivity contribution is 0.0746. The Bertz CT molecular complexity index is 984. The molecule has 0 unspecified atom stereocenters. The first-order chi connectivity index (χ1) is 14.0. The summed E-state index contributed by atoms with van der Waals surface area (Å²) in [4.78, 5) is 17.2. The molecular weight excluding hydrogens is 386 g/mol. The number of anilines is 2. The van der Waals surface area contributed by atoms with Crippen molar-refractivity contribution in [3.05, 3.63) is 59.7 Å². The summed E-state index contributed by atoms with van der Waals surface area (Å²) in [7, 11) is -3.29. The van der Waals surface area contributed by atoms with Gasteiger partial charge in [0.1, 0.15) is 0 Å². The van der Waals surface area contributed by atoms with Crippen LogP contribution in [0.2, 0.25) is 0 Å². The van der Waals surface area contributed by atoms with Crippen molar-refractivity contribution in [2.24, 2.45) is 0 Å². The van der Waals surface area contributed by atoms with Crippen LogP contribution in [-0.4, -0.2) is 57.7 Å². The number of hydrogen-bond acceptors (Lipinski definition) is 4. The first kappa shape index (κ1) is 19.8. The molecular formula is C22H27N3O3S. The van der Waals surface area contributed by atoms with E-state index in [4.69, 9.17) is 0 Å². The molecule has 2 aliphatic heterocycles. The highest BCUT2D eigenvalue weighted by atomic mass is 32.2. The van der Waals surface area contributed by atoms with Gasteiger partial charge < -0.3 is 9.80 Å². The number of sulfonamides is 1. The second-order valence-corrected chi connectivity index (χ2v) is 9.72. The summed E-state index contributed by atoms with van der Waals surface area (Å²) in [5, 5.41) is 0. The first-order valence-electron chi connectivity index (χ1n) is 10.2. The summed E-state index contributed by atoms with van der Waals surface area (Å²) < 4.78 is 26.3. The van der Waals surface area contributed by atoms with Gasteiger partial charge in [-0.2, -0.15) is 0 Å². The highest BCUT2D eigenvalue weighted by Crippen LogP contribution is 2.31. The molecule has 1 saturated heterocycles. The molecule has 0 aliphatic carbocycles. The van der Waals surface area contributed by atoms with Crippen molar-refractivity contribution < 1.29 is 13.2 Å². The van der Waals surface area contributed by atoms with E-state index < -0.39 is 10.0 Å². The van der Waals surface area contributed by atoms with Crippen LogP contribution < -0.4 is 9.21 Å². The second kappa shape index (κ2) is 8.06. The third-order valence-electron chi connectivity index (χ3n) is 5.79. The van der Waals surface area contributed by atoms with E-state index in [1.54, 1.807) is 19.1 Å². The van der Waals surface area contributed by atoms with Crippen LogP contribution in [0.1, 0.15) is 29.3 Å². The van der Waals surface area contributed by atoms with Crippen LogP contribution in [-0.2, 0) is 16.4 Å². The Kier molecular flexibility index (Phi) is 5.50. The Morgan fingerprint density at radius 1 is 0.966 bits per heavy atom. The van der Waals surface area contributed by atoms with E-state index >= 15 is 0 Å². The molecule has 1 fully saturated rings. The van der Waals surface area contributed by atoms with Crippen molar-refractivity contribution in [1.29, 1.82) is 0 Å². The van der Waals surface area contributed by atoms with E-state index in [2.05, 4.69) is 17.0 Å². The van der Waals surface area contributed by atoms with Gasteiger partial charge in [0.15, 0.2) is 0 Å². The van der Waals surface area contributed by atoms with Crippen LogP contribution in [0.5, 0.6) is 0 Å². The topological polar surface area (TPSA) is 60.9 Å². The third kappa shape index (κ3) is 3.96. The monoisotopic (exact) mass is 413 g/mol. The largest absolute Gasteiger partial charge is 0.368 e. The number of hydrogen-bond donors (Lipinski definition) is 0. The lowest BCUT2D eigenvalue weighted by Crippen LogP contribution is -2.48. The molecule has 2 aliphatic rings. The lowest BCUT2D eigenvalue weighted by atomic mass is 10.00. The van der Waals surface area contributed by atoms with Crippen molar-refractivity contribution in [3.8, 4) is 0 Å². The Balaban J connectivity index is 1.48. The summed E-state index contributed by atoms with van der Waals surface area (Å²) >= 11 is 0. The number of rotatable bonds is 4. The Labute approximate surface area is 172 Å². The molecule has 4 rings (SSSR count). The van der Waals surface area contributed by atoms with Gasteiger partial charge in [-0.3, -0.25) is 9.10 Å². The Morgan fingerprint density at radius 2 is 1.69 bits per heavy atom. The van der Waals surface area contributed by atoms with E-state index in [-0.39, 0.29) is 11.7 Å². The fourth-order valence-corrected chi connectivity index (χ4v) is 5.33. The molecule has 6 nitrogen and oxygen atoms in total. The second-order valence-electron chi connectivity index (χ2n) is 7.53. The quantitative estimate of drug-likeness (QED) is 0.773. The molecule has 0 radical (unpaired) electrons. The maximum atomic E-state index is 13.0. The maximum Gasteiger partial charge on any atom is 0.253 e. The minimum atomic E-state index is -3.29. The first-order valence-corrected chi connectivity index (χ1v) is 11.8. The zero-order valence-electron chi connectivity index (χ0n) is 16.8. The van der Waals surface area contributed by atoms with Gasteiger partial charge in [-0.1, -0.05) is 18.2 Å². The van der Waals surface area contributed by atoms with E-state index in [0.717, 1.165) is 37.2 Å². The SMILES string of the molecule is CCS(=O)(=O)N1CCCc2cc(C(=O)N3CCN(c4ccccc4)CC3)ccc21. The number of carbonyl (C=O) groups excluding carboxylic acids is 1. The van der Waals surface area contributed by atoms with Crippen molar-refractivity contribution >= 4 is 27.3 Å². The zero-order valence-corrected chi connectivity index (χ0v) is 17.6. The van der Waals surface area contributed by atoms with Crippen molar-refractivity contribution in [1.82, 2.24) is 4.90 Å². The van der Waals surface area contributed by atoms with Gasteiger partial charge >= 0.3 is 0 Å². The molecule has 0 saturated carbocycles. The number of carbonyl (C=O) groups is 1. The van der Waals surface area contributed by atoms with Gasteiger partial charge in [-0.25, -0.2) is 8.42 Å². The average molecular weight is 414 g/mol. The third-order valence-corrected chi connectivity index (χ3v) is 7.57. The van der Waals surface area contributed by atoms with Crippen LogP contribution >= 0.6 is 0 Å². The number of amides is 1. The van der Waals surface area contributed by atoms with Crippen LogP contribution in [0.15, 0.2) is 48.5 Å². The normalized spacial score (nSPS) is 17.2. The van der Waals surface area contributed by atoms with Gasteiger partial charge in [-0.05, 0) is 55.7 Å². The van der Waals surface area contributed by atoms with Crippen LogP contribution in [0.25, 0.3) is 0 Å². The van der Waals surface area contributed by atoms with E-state index in [1.807, 2.05) is 29.2 Å². The van der Waals surface area contributed by atoms with Crippen LogP contribution in [0.4, 0.5) is 11.4 Å². The summed E-state index contributed by atoms with van der Waals surface area (Å²) in [6, 6.07) is 15.7. The molecule has 154 valence electrons. The molecule has 0 bridgehead atoms. The summed E-state index contributed by atoms with van der Waals surface area (Å²) in [6.07, 6.45) is 1.58. The fourth-order valence-electron chi connectivity index (χ4n) is 4.13. The molecule has 0 aromatic heterocycles. The summed E-state index contributed by atoms with van der Waals surface area (Å²) in [5.74, 6) is 0.106. The molecule has 2 aromatic carbocycles. The number of aryl methyl sites for hydroxylation is 1. The van der Waals surface area contributed by atoms with Gasteiger partial charge in [0.25, 0.3) is 5.91 Å². The van der Waals surface area contributed by atoms with Gasteiger partial charge in [0.05, 0.1) is 11.4 Å². The molecule has 29 heavy (non-hydrogen) atoms. The molecule has 0 N–H and O–H groups in total. The molecule has 1 amide bonds. The molecule has 2 heterocycles. The number of piperazine rings is 1. The van der Waals surface area contributed by atoms with Gasteiger partial charge in [0, 0.05) is 44.0 Å². The predicted octanol–water partition coefficient (Wildman–Crippen LogP) is 2.75. The van der Waals surface area contributed by atoms with Crippen LogP contribution in [0.3, 0.4) is 0 Å². The Morgan fingerprint density at radius 3 is 2.38 bits per heavy atom. The number of para-hydroxylation sites is 1. The van der Waals surface area contributed by atoms with Crippen molar-refractivity contribution in [3.63, 3.8) is 0 Å². The fraction of sp³-hybridized carbons (Fsp3) is 0.409. The summed E-state index contributed by atoms with van der Waals surface area (Å²) in [5.41, 5.74) is 3.50. The maximum absolute atomic E-state index is 13.0. The smallest absolute Gasteiger partial charge is 0.253 e. The van der Waals surface area contributed by atoms with Gasteiger partial charge in [0.2, 0.25) is 10.0 Å².